The second kappa shape index (κ2) is 4.56. The van der Waals surface area contributed by atoms with Crippen LogP contribution in [0.15, 0.2) is 36.7 Å². The summed E-state index contributed by atoms with van der Waals surface area (Å²) in [6, 6.07) is 7.51. The van der Waals surface area contributed by atoms with Crippen molar-refractivity contribution in [3.8, 4) is 5.75 Å². The van der Waals surface area contributed by atoms with Crippen LogP contribution < -0.4 is 10.1 Å². The highest BCUT2D eigenvalue weighted by molar-refractivity contribution is 5.90. The fourth-order valence-corrected chi connectivity index (χ4v) is 2.05. The molecule has 0 aliphatic carbocycles. The molecule has 1 unspecified atom stereocenters. The van der Waals surface area contributed by atoms with Crippen molar-refractivity contribution < 1.29 is 14.6 Å². The Balaban J connectivity index is 1.90. The van der Waals surface area contributed by atoms with E-state index in [1.807, 2.05) is 24.3 Å². The number of rotatable bonds is 3. The average molecular weight is 257 g/mol. The number of benzene rings is 1. The quantitative estimate of drug-likeness (QED) is 0.871. The highest BCUT2D eigenvalue weighted by atomic mass is 16.5. The smallest absolute Gasteiger partial charge is 0.358 e. The lowest BCUT2D eigenvalue weighted by molar-refractivity contribution is 0.0691. The van der Waals surface area contributed by atoms with Gasteiger partial charge in [0, 0.05) is 18.0 Å². The Bertz CT molecular complexity index is 630. The number of nitrogens with one attached hydrogen (secondary N) is 1. The maximum Gasteiger partial charge on any atom is 0.358 e. The Morgan fingerprint density at radius 2 is 2.11 bits per heavy atom. The number of carboxylic acids is 1. The number of anilines is 1. The largest absolute Gasteiger partial charge is 0.491 e. The van der Waals surface area contributed by atoms with Crippen molar-refractivity contribution in [1.29, 1.82) is 0 Å². The maximum absolute atomic E-state index is 11.1. The third-order valence-corrected chi connectivity index (χ3v) is 2.91. The zero-order valence-corrected chi connectivity index (χ0v) is 9.91. The zero-order chi connectivity index (χ0) is 13.2. The standard InChI is InChI=1S/C13H11N3O3/c17-13(18)11-12(15-6-5-14-11)16-9-7-19-10-4-2-1-3-8(9)10/h1-6,9H,7H2,(H,15,16)(H,17,18). The molecule has 19 heavy (non-hydrogen) atoms. The number of ether oxygens (including phenoxy) is 1. The molecule has 6 heteroatoms. The molecule has 0 spiro atoms. The first-order valence-corrected chi connectivity index (χ1v) is 5.78. The van der Waals surface area contributed by atoms with E-state index in [0.717, 1.165) is 11.3 Å². The summed E-state index contributed by atoms with van der Waals surface area (Å²) >= 11 is 0. The predicted octanol–water partition coefficient (Wildman–Crippen LogP) is 1.72. The van der Waals surface area contributed by atoms with Crippen molar-refractivity contribution in [1.82, 2.24) is 9.97 Å². The number of carboxylic acid groups (broad SMARTS) is 1. The van der Waals surface area contributed by atoms with E-state index in [4.69, 9.17) is 9.84 Å². The molecule has 0 radical (unpaired) electrons. The normalized spacial score (nSPS) is 16.5. The van der Waals surface area contributed by atoms with Crippen LogP contribution in [0.5, 0.6) is 5.75 Å². The first-order chi connectivity index (χ1) is 9.25. The second-order valence-corrected chi connectivity index (χ2v) is 4.10. The average Bonchev–Trinajstić information content (AvgIpc) is 2.83. The van der Waals surface area contributed by atoms with Crippen molar-refractivity contribution >= 4 is 11.8 Å². The predicted molar refractivity (Wildman–Crippen MR) is 67.3 cm³/mol. The highest BCUT2D eigenvalue weighted by Gasteiger charge is 2.25. The first-order valence-electron chi connectivity index (χ1n) is 5.78. The summed E-state index contributed by atoms with van der Waals surface area (Å²) < 4.78 is 5.53. The Morgan fingerprint density at radius 3 is 2.95 bits per heavy atom. The monoisotopic (exact) mass is 257 g/mol. The molecule has 2 heterocycles. The third-order valence-electron chi connectivity index (χ3n) is 2.91. The minimum Gasteiger partial charge on any atom is -0.491 e. The van der Waals surface area contributed by atoms with Gasteiger partial charge in [0.25, 0.3) is 0 Å². The van der Waals surface area contributed by atoms with Gasteiger partial charge in [0.15, 0.2) is 11.5 Å². The van der Waals surface area contributed by atoms with E-state index in [9.17, 15) is 4.79 Å². The van der Waals surface area contributed by atoms with Crippen LogP contribution in [0.4, 0.5) is 5.82 Å². The summed E-state index contributed by atoms with van der Waals surface area (Å²) in [5, 5.41) is 12.1. The summed E-state index contributed by atoms with van der Waals surface area (Å²) in [4.78, 5) is 18.9. The Labute approximate surface area is 109 Å². The fourth-order valence-electron chi connectivity index (χ4n) is 2.05. The van der Waals surface area contributed by atoms with Gasteiger partial charge in [-0.25, -0.2) is 14.8 Å². The molecule has 1 aliphatic rings. The van der Waals surface area contributed by atoms with E-state index in [1.165, 1.54) is 12.4 Å². The van der Waals surface area contributed by atoms with Crippen LogP contribution in [0.25, 0.3) is 0 Å². The van der Waals surface area contributed by atoms with Crippen LogP contribution in [0.2, 0.25) is 0 Å². The molecule has 96 valence electrons. The van der Waals surface area contributed by atoms with Crippen LogP contribution in [0.1, 0.15) is 22.1 Å². The molecular formula is C13H11N3O3. The molecule has 1 aromatic heterocycles. The van der Waals surface area contributed by atoms with Gasteiger partial charge in [0.2, 0.25) is 0 Å². The topological polar surface area (TPSA) is 84.3 Å². The van der Waals surface area contributed by atoms with E-state index >= 15 is 0 Å². The number of aromatic carboxylic acids is 1. The number of fused-ring (bicyclic) bond motifs is 1. The molecule has 0 saturated carbocycles. The molecule has 1 aromatic carbocycles. The Hall–Kier alpha value is -2.63. The van der Waals surface area contributed by atoms with Gasteiger partial charge in [-0.2, -0.15) is 0 Å². The van der Waals surface area contributed by atoms with Crippen LogP contribution in [0, 0.1) is 0 Å². The third kappa shape index (κ3) is 2.08. The van der Waals surface area contributed by atoms with Crippen LogP contribution >= 0.6 is 0 Å². The fraction of sp³-hybridized carbons (Fsp3) is 0.154. The molecule has 0 fully saturated rings. The molecule has 2 aromatic rings. The van der Waals surface area contributed by atoms with E-state index in [0.29, 0.717) is 6.61 Å². The van der Waals surface area contributed by atoms with Crippen molar-refractivity contribution in [3.05, 3.63) is 47.9 Å². The summed E-state index contributed by atoms with van der Waals surface area (Å²) in [6.07, 6.45) is 2.81. The molecule has 6 nitrogen and oxygen atoms in total. The molecular weight excluding hydrogens is 246 g/mol. The lowest BCUT2D eigenvalue weighted by Crippen LogP contribution is -2.16. The second-order valence-electron chi connectivity index (χ2n) is 4.10. The summed E-state index contributed by atoms with van der Waals surface area (Å²) in [5.74, 6) is -0.0520. The maximum atomic E-state index is 11.1. The number of hydrogen-bond acceptors (Lipinski definition) is 5. The van der Waals surface area contributed by atoms with Crippen molar-refractivity contribution in [2.24, 2.45) is 0 Å². The van der Waals surface area contributed by atoms with Crippen LogP contribution in [-0.2, 0) is 0 Å². The number of para-hydroxylation sites is 1. The number of nitrogens with zero attached hydrogens (tertiary/aromatic N) is 2. The van der Waals surface area contributed by atoms with Crippen molar-refractivity contribution in [2.45, 2.75) is 6.04 Å². The van der Waals surface area contributed by atoms with Crippen LogP contribution in [0.3, 0.4) is 0 Å². The molecule has 0 bridgehead atoms. The van der Waals surface area contributed by atoms with E-state index < -0.39 is 5.97 Å². The molecule has 1 aliphatic heterocycles. The number of aromatic nitrogens is 2. The zero-order valence-electron chi connectivity index (χ0n) is 9.91. The van der Waals surface area contributed by atoms with Gasteiger partial charge < -0.3 is 15.2 Å². The van der Waals surface area contributed by atoms with E-state index in [1.54, 1.807) is 0 Å². The number of hydrogen-bond donors (Lipinski definition) is 2. The Morgan fingerprint density at radius 1 is 1.32 bits per heavy atom. The minimum absolute atomic E-state index is 0.0909. The summed E-state index contributed by atoms with van der Waals surface area (Å²) in [7, 11) is 0. The van der Waals surface area contributed by atoms with Gasteiger partial charge in [-0.1, -0.05) is 18.2 Å². The van der Waals surface area contributed by atoms with Gasteiger partial charge in [0.1, 0.15) is 12.4 Å². The van der Waals surface area contributed by atoms with Gasteiger partial charge in [-0.15, -0.1) is 0 Å². The SMILES string of the molecule is O=C(O)c1nccnc1NC1COc2ccccc21. The van der Waals surface area contributed by atoms with Crippen molar-refractivity contribution in [3.63, 3.8) is 0 Å². The van der Waals surface area contributed by atoms with Crippen molar-refractivity contribution in [2.75, 3.05) is 11.9 Å². The molecule has 3 rings (SSSR count). The summed E-state index contributed by atoms with van der Waals surface area (Å²) in [6.45, 7) is 0.439. The molecule has 0 saturated heterocycles. The van der Waals surface area contributed by atoms with Gasteiger partial charge in [0.05, 0.1) is 6.04 Å². The van der Waals surface area contributed by atoms with E-state index in [-0.39, 0.29) is 17.6 Å². The van der Waals surface area contributed by atoms with Gasteiger partial charge >= 0.3 is 5.97 Å². The lowest BCUT2D eigenvalue weighted by atomic mass is 10.1. The molecule has 2 N–H and O–H groups in total. The Kier molecular flexibility index (Phi) is 2.75. The number of carbonyl (C=O) groups is 1. The minimum atomic E-state index is -1.11. The van der Waals surface area contributed by atoms with E-state index in [2.05, 4.69) is 15.3 Å². The van der Waals surface area contributed by atoms with Gasteiger partial charge in [-0.3, -0.25) is 0 Å². The lowest BCUT2D eigenvalue weighted by Gasteiger charge is -2.13. The molecule has 0 amide bonds. The first kappa shape index (κ1) is 11.5. The summed E-state index contributed by atoms with van der Waals surface area (Å²) in [5.41, 5.74) is 0.899. The molecule has 1 atom stereocenters. The highest BCUT2D eigenvalue weighted by Crippen LogP contribution is 2.33. The van der Waals surface area contributed by atoms with Crippen LogP contribution in [-0.4, -0.2) is 27.7 Å². The van der Waals surface area contributed by atoms with Gasteiger partial charge in [-0.05, 0) is 6.07 Å².